The van der Waals surface area contributed by atoms with Gasteiger partial charge in [-0.2, -0.15) is 0 Å². The summed E-state index contributed by atoms with van der Waals surface area (Å²) in [5.41, 5.74) is 1.24. The fourth-order valence-electron chi connectivity index (χ4n) is 1.42. The Kier molecular flexibility index (Phi) is 5.69. The Labute approximate surface area is 96.3 Å². The van der Waals surface area contributed by atoms with Crippen LogP contribution in [0.2, 0.25) is 5.02 Å². The summed E-state index contributed by atoms with van der Waals surface area (Å²) in [6, 6.07) is 8.21. The van der Waals surface area contributed by atoms with Crippen molar-refractivity contribution in [1.29, 1.82) is 0 Å². The van der Waals surface area contributed by atoms with E-state index in [9.17, 15) is 0 Å². The summed E-state index contributed by atoms with van der Waals surface area (Å²) in [5, 5.41) is 12.8. The molecule has 0 saturated heterocycles. The Morgan fingerprint density at radius 1 is 1.27 bits per heavy atom. The molecule has 0 amide bonds. The van der Waals surface area contributed by atoms with Crippen molar-refractivity contribution in [3.05, 3.63) is 34.9 Å². The van der Waals surface area contributed by atoms with Gasteiger partial charge in [-0.3, -0.25) is 0 Å². The maximum Gasteiger partial charge on any atom is 0.0431 e. The molecule has 1 rings (SSSR count). The molecule has 1 aromatic carbocycles. The van der Waals surface area contributed by atoms with Crippen molar-refractivity contribution >= 4 is 11.6 Å². The molecule has 0 unspecified atom stereocenters. The third-order valence-electron chi connectivity index (χ3n) is 2.41. The zero-order valence-electron chi connectivity index (χ0n) is 9.04. The monoisotopic (exact) mass is 227 g/mol. The third kappa shape index (κ3) is 4.65. The van der Waals surface area contributed by atoms with Gasteiger partial charge in [-0.1, -0.05) is 23.7 Å². The lowest BCUT2D eigenvalue weighted by Gasteiger charge is -2.13. The Balaban J connectivity index is 2.33. The SMILES string of the molecule is C[C@H](NCCCCO)c1ccc(Cl)cc1. The summed E-state index contributed by atoms with van der Waals surface area (Å²) in [5.74, 6) is 0. The van der Waals surface area contributed by atoms with Crippen LogP contribution >= 0.6 is 11.6 Å². The first kappa shape index (κ1) is 12.5. The van der Waals surface area contributed by atoms with Crippen LogP contribution in [0.1, 0.15) is 31.4 Å². The fourth-order valence-corrected chi connectivity index (χ4v) is 1.55. The zero-order valence-corrected chi connectivity index (χ0v) is 9.80. The standard InChI is InChI=1S/C12H18ClNO/c1-10(14-8-2-3-9-15)11-4-6-12(13)7-5-11/h4-7,10,14-15H,2-3,8-9H2,1H3/t10-/m0/s1. The molecule has 0 heterocycles. The number of aliphatic hydroxyl groups excluding tert-OH is 1. The molecule has 0 saturated carbocycles. The number of benzene rings is 1. The molecular formula is C12H18ClNO. The lowest BCUT2D eigenvalue weighted by atomic mass is 10.1. The normalized spacial score (nSPS) is 12.7. The van der Waals surface area contributed by atoms with E-state index in [1.54, 1.807) is 0 Å². The van der Waals surface area contributed by atoms with Crippen LogP contribution in [0.5, 0.6) is 0 Å². The Hall–Kier alpha value is -0.570. The Morgan fingerprint density at radius 2 is 1.93 bits per heavy atom. The van der Waals surface area contributed by atoms with E-state index in [1.165, 1.54) is 5.56 Å². The Bertz CT molecular complexity index is 273. The topological polar surface area (TPSA) is 32.3 Å². The van der Waals surface area contributed by atoms with E-state index < -0.39 is 0 Å². The highest BCUT2D eigenvalue weighted by Gasteiger charge is 2.03. The average Bonchev–Trinajstić information content (AvgIpc) is 2.25. The maximum absolute atomic E-state index is 8.64. The van der Waals surface area contributed by atoms with Crippen LogP contribution in [0.25, 0.3) is 0 Å². The van der Waals surface area contributed by atoms with Crippen LogP contribution < -0.4 is 5.32 Å². The quantitative estimate of drug-likeness (QED) is 0.733. The molecule has 0 aliphatic carbocycles. The molecule has 0 fully saturated rings. The van der Waals surface area contributed by atoms with E-state index >= 15 is 0 Å². The molecule has 0 bridgehead atoms. The van der Waals surface area contributed by atoms with Crippen molar-refractivity contribution < 1.29 is 5.11 Å². The highest BCUT2D eigenvalue weighted by atomic mass is 35.5. The summed E-state index contributed by atoms with van der Waals surface area (Å²) in [7, 11) is 0. The predicted octanol–water partition coefficient (Wildman–Crippen LogP) is 2.76. The molecule has 15 heavy (non-hydrogen) atoms. The van der Waals surface area contributed by atoms with Gasteiger partial charge in [0.1, 0.15) is 0 Å². The van der Waals surface area contributed by atoms with Gasteiger partial charge in [-0.25, -0.2) is 0 Å². The summed E-state index contributed by atoms with van der Waals surface area (Å²) in [6.07, 6.45) is 1.87. The lowest BCUT2D eigenvalue weighted by molar-refractivity contribution is 0.283. The number of rotatable bonds is 6. The van der Waals surface area contributed by atoms with Gasteiger partial charge < -0.3 is 10.4 Å². The molecule has 0 spiro atoms. The molecule has 2 nitrogen and oxygen atoms in total. The van der Waals surface area contributed by atoms with E-state index in [0.717, 1.165) is 24.4 Å². The fraction of sp³-hybridized carbons (Fsp3) is 0.500. The maximum atomic E-state index is 8.64. The minimum absolute atomic E-state index is 0.275. The van der Waals surface area contributed by atoms with Crippen molar-refractivity contribution in [3.8, 4) is 0 Å². The van der Waals surface area contributed by atoms with E-state index in [2.05, 4.69) is 12.2 Å². The molecule has 0 aromatic heterocycles. The molecule has 2 N–H and O–H groups in total. The van der Waals surface area contributed by atoms with E-state index in [-0.39, 0.29) is 6.61 Å². The second-order valence-corrected chi connectivity index (χ2v) is 4.09. The van der Waals surface area contributed by atoms with Crippen molar-refractivity contribution in [2.24, 2.45) is 0 Å². The van der Waals surface area contributed by atoms with Gasteiger partial charge in [-0.15, -0.1) is 0 Å². The van der Waals surface area contributed by atoms with Crippen molar-refractivity contribution in [3.63, 3.8) is 0 Å². The first-order chi connectivity index (χ1) is 7.24. The smallest absolute Gasteiger partial charge is 0.0431 e. The van der Waals surface area contributed by atoms with Gasteiger partial charge in [0.25, 0.3) is 0 Å². The molecule has 3 heteroatoms. The molecule has 84 valence electrons. The van der Waals surface area contributed by atoms with Gasteiger partial charge in [0.2, 0.25) is 0 Å². The molecule has 0 aliphatic heterocycles. The molecule has 0 radical (unpaired) electrons. The van der Waals surface area contributed by atoms with E-state index in [1.807, 2.05) is 24.3 Å². The molecular weight excluding hydrogens is 210 g/mol. The second-order valence-electron chi connectivity index (χ2n) is 3.66. The summed E-state index contributed by atoms with van der Waals surface area (Å²) in [4.78, 5) is 0. The largest absolute Gasteiger partial charge is 0.396 e. The van der Waals surface area contributed by atoms with E-state index in [4.69, 9.17) is 16.7 Å². The molecule has 0 aliphatic rings. The van der Waals surface area contributed by atoms with Crippen LogP contribution in [-0.4, -0.2) is 18.3 Å². The van der Waals surface area contributed by atoms with Crippen LogP contribution in [0.15, 0.2) is 24.3 Å². The highest BCUT2D eigenvalue weighted by Crippen LogP contribution is 2.15. The average molecular weight is 228 g/mol. The van der Waals surface area contributed by atoms with Gasteiger partial charge >= 0.3 is 0 Å². The van der Waals surface area contributed by atoms with Crippen molar-refractivity contribution in [2.75, 3.05) is 13.2 Å². The number of unbranched alkanes of at least 4 members (excludes halogenated alkanes) is 1. The number of hydrogen-bond donors (Lipinski definition) is 2. The number of halogens is 1. The van der Waals surface area contributed by atoms with Gasteiger partial charge in [0, 0.05) is 17.7 Å². The van der Waals surface area contributed by atoms with Crippen LogP contribution in [-0.2, 0) is 0 Å². The minimum atomic E-state index is 0.275. The second kappa shape index (κ2) is 6.83. The van der Waals surface area contributed by atoms with Gasteiger partial charge in [-0.05, 0) is 44.0 Å². The number of aliphatic hydroxyl groups is 1. The molecule has 1 atom stereocenters. The van der Waals surface area contributed by atoms with Crippen molar-refractivity contribution in [1.82, 2.24) is 5.32 Å². The summed E-state index contributed by atoms with van der Waals surface area (Å²) < 4.78 is 0. The van der Waals surface area contributed by atoms with Crippen LogP contribution in [0, 0.1) is 0 Å². The first-order valence-electron chi connectivity index (χ1n) is 5.33. The van der Waals surface area contributed by atoms with E-state index in [0.29, 0.717) is 6.04 Å². The predicted molar refractivity (Wildman–Crippen MR) is 64.2 cm³/mol. The van der Waals surface area contributed by atoms with Crippen molar-refractivity contribution in [2.45, 2.75) is 25.8 Å². The van der Waals surface area contributed by atoms with Gasteiger partial charge in [0.15, 0.2) is 0 Å². The van der Waals surface area contributed by atoms with Crippen LogP contribution in [0.3, 0.4) is 0 Å². The molecule has 1 aromatic rings. The van der Waals surface area contributed by atoms with Gasteiger partial charge in [0.05, 0.1) is 0 Å². The summed E-state index contributed by atoms with van der Waals surface area (Å²) in [6.45, 7) is 3.34. The Morgan fingerprint density at radius 3 is 2.53 bits per heavy atom. The lowest BCUT2D eigenvalue weighted by Crippen LogP contribution is -2.19. The summed E-state index contributed by atoms with van der Waals surface area (Å²) >= 11 is 5.81. The number of hydrogen-bond acceptors (Lipinski definition) is 2. The minimum Gasteiger partial charge on any atom is -0.396 e. The third-order valence-corrected chi connectivity index (χ3v) is 2.66. The zero-order chi connectivity index (χ0) is 11.1. The van der Waals surface area contributed by atoms with Crippen LogP contribution in [0.4, 0.5) is 0 Å². The number of nitrogens with one attached hydrogen (secondary N) is 1. The first-order valence-corrected chi connectivity index (χ1v) is 5.71. The highest BCUT2D eigenvalue weighted by molar-refractivity contribution is 6.30.